The maximum absolute atomic E-state index is 8.66. The Morgan fingerprint density at radius 1 is 1.62 bits per heavy atom. The van der Waals surface area contributed by atoms with Crippen LogP contribution in [0, 0.1) is 12.5 Å². The molecule has 0 bridgehead atoms. The summed E-state index contributed by atoms with van der Waals surface area (Å²) in [6, 6.07) is 0. The lowest BCUT2D eigenvalue weighted by Crippen LogP contribution is -2.28. The van der Waals surface area contributed by atoms with Crippen molar-refractivity contribution in [3.05, 3.63) is 7.05 Å². The molecule has 0 aliphatic heterocycles. The number of aliphatic hydroxyl groups excluding tert-OH is 1. The van der Waals surface area contributed by atoms with Crippen LogP contribution >= 0.6 is 0 Å². The topological polar surface area (TPSA) is 32.3 Å². The second-order valence-electron chi connectivity index (χ2n) is 2.75. The van der Waals surface area contributed by atoms with Crippen LogP contribution in [0.25, 0.3) is 0 Å². The molecule has 0 aliphatic rings. The fourth-order valence-electron chi connectivity index (χ4n) is 0.394. The summed E-state index contributed by atoms with van der Waals surface area (Å²) in [7, 11) is 3.46. The molecule has 8 heavy (non-hydrogen) atoms. The van der Waals surface area contributed by atoms with Crippen molar-refractivity contribution in [2.75, 3.05) is 13.2 Å². The van der Waals surface area contributed by atoms with Crippen molar-refractivity contribution in [2.45, 2.75) is 13.8 Å². The van der Waals surface area contributed by atoms with Gasteiger partial charge in [-0.2, -0.15) is 0 Å². The first-order valence-corrected chi connectivity index (χ1v) is 2.73. The highest BCUT2D eigenvalue weighted by atomic mass is 16.3. The molecule has 0 saturated carbocycles. The van der Waals surface area contributed by atoms with E-state index in [1.807, 2.05) is 13.8 Å². The zero-order valence-corrected chi connectivity index (χ0v) is 5.57. The van der Waals surface area contributed by atoms with Gasteiger partial charge in [-0.1, -0.05) is 13.8 Å². The van der Waals surface area contributed by atoms with E-state index in [4.69, 9.17) is 5.11 Å². The van der Waals surface area contributed by atoms with Gasteiger partial charge in [0.25, 0.3) is 0 Å². The summed E-state index contributed by atoms with van der Waals surface area (Å²) in [5, 5.41) is 11.4. The highest BCUT2D eigenvalue weighted by molar-refractivity contribution is 4.68. The fourth-order valence-corrected chi connectivity index (χ4v) is 0.394. The standard InChI is InChI=1S/C6H14NO/c1-6(2,5-8)4-7-3/h7-8H,3-5H2,1-2H3. The average molecular weight is 116 g/mol. The minimum Gasteiger partial charge on any atom is -0.396 e. The predicted molar refractivity (Wildman–Crippen MR) is 34.2 cm³/mol. The van der Waals surface area contributed by atoms with E-state index in [0.717, 1.165) is 6.54 Å². The first-order valence-electron chi connectivity index (χ1n) is 2.73. The Bertz CT molecular complexity index is 61.5. The molecule has 0 atom stereocenters. The van der Waals surface area contributed by atoms with Gasteiger partial charge >= 0.3 is 0 Å². The van der Waals surface area contributed by atoms with Crippen molar-refractivity contribution in [2.24, 2.45) is 5.41 Å². The Morgan fingerprint density at radius 3 is 2.25 bits per heavy atom. The van der Waals surface area contributed by atoms with E-state index >= 15 is 0 Å². The van der Waals surface area contributed by atoms with Crippen molar-refractivity contribution >= 4 is 0 Å². The summed E-state index contributed by atoms with van der Waals surface area (Å²) < 4.78 is 0. The second kappa shape index (κ2) is 3.05. The number of rotatable bonds is 3. The first kappa shape index (κ1) is 7.92. The van der Waals surface area contributed by atoms with Gasteiger partial charge in [0.1, 0.15) is 0 Å². The monoisotopic (exact) mass is 116 g/mol. The van der Waals surface area contributed by atoms with E-state index in [0.29, 0.717) is 0 Å². The zero-order valence-electron chi connectivity index (χ0n) is 5.57. The molecule has 0 aromatic heterocycles. The highest BCUT2D eigenvalue weighted by Gasteiger charge is 2.13. The SMILES string of the molecule is [CH2]NCC(C)(C)CO. The van der Waals surface area contributed by atoms with Gasteiger partial charge in [0.05, 0.1) is 0 Å². The summed E-state index contributed by atoms with van der Waals surface area (Å²) in [5.41, 5.74) is -0.0260. The van der Waals surface area contributed by atoms with Gasteiger partial charge < -0.3 is 10.4 Å². The maximum Gasteiger partial charge on any atom is 0.0494 e. The molecule has 0 aromatic carbocycles. The van der Waals surface area contributed by atoms with Gasteiger partial charge in [-0.3, -0.25) is 0 Å². The maximum atomic E-state index is 8.66. The molecule has 0 rings (SSSR count). The van der Waals surface area contributed by atoms with Crippen molar-refractivity contribution < 1.29 is 5.11 Å². The highest BCUT2D eigenvalue weighted by Crippen LogP contribution is 2.10. The summed E-state index contributed by atoms with van der Waals surface area (Å²) in [6.45, 7) is 4.91. The molecule has 2 N–H and O–H groups in total. The molecule has 49 valence electrons. The number of nitrogens with one attached hydrogen (secondary N) is 1. The summed E-state index contributed by atoms with van der Waals surface area (Å²) in [6.07, 6.45) is 0. The minimum atomic E-state index is -0.0260. The molecule has 2 nitrogen and oxygen atoms in total. The molecular weight excluding hydrogens is 102 g/mol. The van der Waals surface area contributed by atoms with Crippen LogP contribution in [0.3, 0.4) is 0 Å². The van der Waals surface area contributed by atoms with Crippen molar-refractivity contribution in [1.82, 2.24) is 5.32 Å². The quantitative estimate of drug-likeness (QED) is 0.559. The van der Waals surface area contributed by atoms with Gasteiger partial charge in [-0.05, 0) is 0 Å². The number of hydrogen-bond donors (Lipinski definition) is 2. The zero-order chi connectivity index (χ0) is 6.62. The second-order valence-corrected chi connectivity index (χ2v) is 2.75. The van der Waals surface area contributed by atoms with Crippen LogP contribution in [0.2, 0.25) is 0 Å². The van der Waals surface area contributed by atoms with Gasteiger partial charge in [0.15, 0.2) is 0 Å². The number of aliphatic hydroxyl groups is 1. The molecule has 0 unspecified atom stereocenters. The average Bonchev–Trinajstić information content (AvgIpc) is 1.67. The van der Waals surface area contributed by atoms with Crippen LogP contribution in [-0.2, 0) is 0 Å². The van der Waals surface area contributed by atoms with Crippen LogP contribution in [0.15, 0.2) is 0 Å². The third kappa shape index (κ3) is 2.99. The Balaban J connectivity index is 3.37. The molecule has 2 heteroatoms. The van der Waals surface area contributed by atoms with E-state index in [2.05, 4.69) is 12.4 Å². The van der Waals surface area contributed by atoms with Crippen molar-refractivity contribution in [3.8, 4) is 0 Å². The van der Waals surface area contributed by atoms with E-state index in [9.17, 15) is 0 Å². The summed E-state index contributed by atoms with van der Waals surface area (Å²) >= 11 is 0. The lowest BCUT2D eigenvalue weighted by atomic mass is 9.95. The Hall–Kier alpha value is -0.0800. The molecule has 0 fully saturated rings. The Labute approximate surface area is 50.9 Å². The Kier molecular flexibility index (Phi) is 3.02. The predicted octanol–water partition coefficient (Wildman–Crippen LogP) is 0.386. The van der Waals surface area contributed by atoms with E-state index in [1.165, 1.54) is 0 Å². The van der Waals surface area contributed by atoms with Crippen LogP contribution in [-0.4, -0.2) is 18.3 Å². The lowest BCUT2D eigenvalue weighted by molar-refractivity contribution is 0.161. The van der Waals surface area contributed by atoms with Gasteiger partial charge in [0.2, 0.25) is 0 Å². The van der Waals surface area contributed by atoms with Crippen LogP contribution in [0.4, 0.5) is 0 Å². The van der Waals surface area contributed by atoms with Gasteiger partial charge in [-0.15, -0.1) is 0 Å². The molecule has 0 heterocycles. The summed E-state index contributed by atoms with van der Waals surface area (Å²) in [5.74, 6) is 0. The van der Waals surface area contributed by atoms with E-state index < -0.39 is 0 Å². The molecule has 1 radical (unpaired) electrons. The van der Waals surface area contributed by atoms with Crippen LogP contribution in [0.5, 0.6) is 0 Å². The largest absolute Gasteiger partial charge is 0.396 e. The van der Waals surface area contributed by atoms with E-state index in [1.54, 1.807) is 0 Å². The minimum absolute atomic E-state index is 0.0260. The summed E-state index contributed by atoms with van der Waals surface area (Å²) in [4.78, 5) is 0. The molecule has 0 amide bonds. The number of hydrogen-bond acceptors (Lipinski definition) is 2. The van der Waals surface area contributed by atoms with Crippen LogP contribution < -0.4 is 5.32 Å². The molecule has 0 saturated heterocycles. The third-order valence-electron chi connectivity index (χ3n) is 1.03. The van der Waals surface area contributed by atoms with Crippen molar-refractivity contribution in [3.63, 3.8) is 0 Å². The Morgan fingerprint density at radius 2 is 2.12 bits per heavy atom. The normalized spacial score (nSPS) is 12.0. The third-order valence-corrected chi connectivity index (χ3v) is 1.03. The van der Waals surface area contributed by atoms with Gasteiger partial charge in [-0.25, -0.2) is 0 Å². The van der Waals surface area contributed by atoms with Crippen molar-refractivity contribution in [1.29, 1.82) is 0 Å². The smallest absolute Gasteiger partial charge is 0.0494 e. The van der Waals surface area contributed by atoms with Gasteiger partial charge in [0, 0.05) is 25.6 Å². The van der Waals surface area contributed by atoms with Crippen LogP contribution in [0.1, 0.15) is 13.8 Å². The molecule has 0 spiro atoms. The van der Waals surface area contributed by atoms with E-state index in [-0.39, 0.29) is 12.0 Å². The lowest BCUT2D eigenvalue weighted by Gasteiger charge is -2.19. The molecule has 0 aromatic rings. The molecule has 0 aliphatic carbocycles. The molecular formula is C6H14NO. The fraction of sp³-hybridized carbons (Fsp3) is 0.833. The first-order chi connectivity index (χ1) is 3.62.